The third-order valence-electron chi connectivity index (χ3n) is 5.35. The van der Waals surface area contributed by atoms with E-state index in [9.17, 15) is 9.59 Å². The molecule has 0 aromatic carbocycles. The van der Waals surface area contributed by atoms with Crippen LogP contribution in [0.5, 0.6) is 0 Å². The minimum absolute atomic E-state index is 0.00501. The maximum absolute atomic E-state index is 12.2. The van der Waals surface area contributed by atoms with Crippen molar-refractivity contribution in [2.75, 3.05) is 13.6 Å². The number of carbonyl (C=O) groups is 2. The fourth-order valence-electron chi connectivity index (χ4n) is 3.72. The highest BCUT2D eigenvalue weighted by Gasteiger charge is 2.27. The van der Waals surface area contributed by atoms with Crippen molar-refractivity contribution >= 4 is 12.0 Å². The number of amides is 2. The van der Waals surface area contributed by atoms with Crippen molar-refractivity contribution in [1.82, 2.24) is 10.2 Å². The molecule has 2 fully saturated rings. The SMILES string of the molecule is CN(CCC1CCCCC1)C(=O)NC1CCC(C(=O)O)CC1. The van der Waals surface area contributed by atoms with Crippen molar-refractivity contribution in [3.05, 3.63) is 0 Å². The Morgan fingerprint density at radius 1 is 1.05 bits per heavy atom. The normalized spacial score (nSPS) is 26.4. The molecule has 2 amide bonds. The van der Waals surface area contributed by atoms with E-state index in [1.165, 1.54) is 32.1 Å². The fraction of sp³-hybridized carbons (Fsp3) is 0.882. The van der Waals surface area contributed by atoms with Gasteiger partial charge in [0.05, 0.1) is 5.92 Å². The number of nitrogens with zero attached hydrogens (tertiary/aromatic N) is 1. The molecule has 2 saturated carbocycles. The molecule has 2 rings (SSSR count). The first kappa shape index (κ1) is 17.1. The second-order valence-electron chi connectivity index (χ2n) is 7.05. The van der Waals surface area contributed by atoms with Crippen molar-refractivity contribution in [2.45, 2.75) is 70.3 Å². The molecule has 0 aromatic rings. The fourth-order valence-corrected chi connectivity index (χ4v) is 3.72. The van der Waals surface area contributed by atoms with Crippen LogP contribution in [0.25, 0.3) is 0 Å². The van der Waals surface area contributed by atoms with E-state index in [1.807, 2.05) is 7.05 Å². The zero-order valence-corrected chi connectivity index (χ0v) is 13.7. The smallest absolute Gasteiger partial charge is 0.317 e. The minimum atomic E-state index is -0.700. The number of aliphatic carboxylic acids is 1. The van der Waals surface area contributed by atoms with E-state index in [0.29, 0.717) is 12.8 Å². The minimum Gasteiger partial charge on any atom is -0.481 e. The summed E-state index contributed by atoms with van der Waals surface area (Å²) in [6, 6.07) is 0.134. The lowest BCUT2D eigenvalue weighted by atomic mass is 9.86. The summed E-state index contributed by atoms with van der Waals surface area (Å²) in [7, 11) is 1.86. The Balaban J connectivity index is 1.64. The van der Waals surface area contributed by atoms with Gasteiger partial charge in [0.25, 0.3) is 0 Å². The average molecular weight is 310 g/mol. The summed E-state index contributed by atoms with van der Waals surface area (Å²) in [4.78, 5) is 24.9. The quantitative estimate of drug-likeness (QED) is 0.819. The molecular formula is C17H30N2O3. The van der Waals surface area contributed by atoms with Crippen LogP contribution in [-0.2, 0) is 4.79 Å². The van der Waals surface area contributed by atoms with Crippen molar-refractivity contribution < 1.29 is 14.7 Å². The molecule has 0 aliphatic heterocycles. The Hall–Kier alpha value is -1.26. The molecule has 0 radical (unpaired) electrons. The van der Waals surface area contributed by atoms with Gasteiger partial charge in [0.15, 0.2) is 0 Å². The second-order valence-corrected chi connectivity index (χ2v) is 7.05. The molecule has 0 saturated heterocycles. The summed E-state index contributed by atoms with van der Waals surface area (Å²) >= 11 is 0. The van der Waals surface area contributed by atoms with Gasteiger partial charge >= 0.3 is 12.0 Å². The van der Waals surface area contributed by atoms with Gasteiger partial charge in [0, 0.05) is 19.6 Å². The lowest BCUT2D eigenvalue weighted by Gasteiger charge is -2.29. The van der Waals surface area contributed by atoms with E-state index < -0.39 is 5.97 Å². The molecule has 2 aliphatic rings. The third kappa shape index (κ3) is 5.18. The first-order valence-electron chi connectivity index (χ1n) is 8.80. The largest absolute Gasteiger partial charge is 0.481 e. The predicted molar refractivity (Wildman–Crippen MR) is 85.7 cm³/mol. The highest BCUT2D eigenvalue weighted by atomic mass is 16.4. The van der Waals surface area contributed by atoms with Crippen molar-refractivity contribution in [1.29, 1.82) is 0 Å². The van der Waals surface area contributed by atoms with Crippen LogP contribution in [0, 0.1) is 11.8 Å². The van der Waals surface area contributed by atoms with Gasteiger partial charge in [0.2, 0.25) is 0 Å². The molecular weight excluding hydrogens is 280 g/mol. The number of carboxylic acid groups (broad SMARTS) is 1. The summed E-state index contributed by atoms with van der Waals surface area (Å²) in [5.74, 6) is -0.137. The van der Waals surface area contributed by atoms with E-state index >= 15 is 0 Å². The van der Waals surface area contributed by atoms with Gasteiger partial charge < -0.3 is 15.3 Å². The van der Waals surface area contributed by atoms with E-state index in [0.717, 1.165) is 31.7 Å². The Bertz CT molecular complexity index is 372. The number of carbonyl (C=O) groups excluding carboxylic acids is 1. The summed E-state index contributed by atoms with van der Waals surface area (Å²) in [5.41, 5.74) is 0. The van der Waals surface area contributed by atoms with E-state index in [1.54, 1.807) is 4.90 Å². The summed E-state index contributed by atoms with van der Waals surface area (Å²) in [6.07, 6.45) is 10.7. The second kappa shape index (κ2) is 8.39. The zero-order chi connectivity index (χ0) is 15.9. The van der Waals surface area contributed by atoms with Gasteiger partial charge in [-0.25, -0.2) is 4.79 Å². The molecule has 0 heterocycles. The van der Waals surface area contributed by atoms with Crippen molar-refractivity contribution in [3.63, 3.8) is 0 Å². The van der Waals surface area contributed by atoms with Crippen LogP contribution in [0.1, 0.15) is 64.2 Å². The number of hydrogen-bond acceptors (Lipinski definition) is 2. The van der Waals surface area contributed by atoms with Crippen molar-refractivity contribution in [2.24, 2.45) is 11.8 Å². The zero-order valence-electron chi connectivity index (χ0n) is 13.7. The molecule has 0 spiro atoms. The highest BCUT2D eigenvalue weighted by Crippen LogP contribution is 2.26. The molecule has 5 heteroatoms. The lowest BCUT2D eigenvalue weighted by molar-refractivity contribution is -0.142. The standard InChI is InChI=1S/C17H30N2O3/c1-19(12-11-13-5-3-2-4-6-13)17(22)18-15-9-7-14(8-10-15)16(20)21/h13-15H,2-12H2,1H3,(H,18,22)(H,20,21). The van der Waals surface area contributed by atoms with Crippen LogP contribution in [-0.4, -0.2) is 41.6 Å². The molecule has 0 atom stereocenters. The molecule has 22 heavy (non-hydrogen) atoms. The van der Waals surface area contributed by atoms with E-state index in [-0.39, 0.29) is 18.0 Å². The maximum Gasteiger partial charge on any atom is 0.317 e. The van der Waals surface area contributed by atoms with Gasteiger partial charge in [-0.2, -0.15) is 0 Å². The molecule has 0 bridgehead atoms. The summed E-state index contributed by atoms with van der Waals surface area (Å²) < 4.78 is 0. The Kier molecular flexibility index (Phi) is 6.52. The van der Waals surface area contributed by atoms with Gasteiger partial charge in [-0.05, 0) is 38.0 Å². The molecule has 5 nitrogen and oxygen atoms in total. The summed E-state index contributed by atoms with van der Waals surface area (Å²) in [5, 5.41) is 12.1. The molecule has 126 valence electrons. The Labute approximate surface area is 133 Å². The van der Waals surface area contributed by atoms with Crippen LogP contribution < -0.4 is 5.32 Å². The van der Waals surface area contributed by atoms with Crippen LogP contribution in [0.15, 0.2) is 0 Å². The predicted octanol–water partition coefficient (Wildman–Crippen LogP) is 3.24. The monoisotopic (exact) mass is 310 g/mol. The molecule has 2 aliphatic carbocycles. The average Bonchev–Trinajstić information content (AvgIpc) is 2.54. The third-order valence-corrected chi connectivity index (χ3v) is 5.35. The van der Waals surface area contributed by atoms with Crippen LogP contribution in [0.4, 0.5) is 4.79 Å². The van der Waals surface area contributed by atoms with Gasteiger partial charge in [-0.1, -0.05) is 32.1 Å². The number of urea groups is 1. The van der Waals surface area contributed by atoms with E-state index in [4.69, 9.17) is 5.11 Å². The van der Waals surface area contributed by atoms with Crippen LogP contribution in [0.2, 0.25) is 0 Å². The number of nitrogens with one attached hydrogen (secondary N) is 1. The van der Waals surface area contributed by atoms with E-state index in [2.05, 4.69) is 5.32 Å². The molecule has 0 aromatic heterocycles. The topological polar surface area (TPSA) is 69.6 Å². The lowest BCUT2D eigenvalue weighted by Crippen LogP contribution is -2.45. The number of hydrogen-bond donors (Lipinski definition) is 2. The highest BCUT2D eigenvalue weighted by molar-refractivity contribution is 5.74. The van der Waals surface area contributed by atoms with Gasteiger partial charge in [-0.15, -0.1) is 0 Å². The Morgan fingerprint density at radius 3 is 2.27 bits per heavy atom. The first-order chi connectivity index (χ1) is 10.6. The number of carboxylic acids is 1. The summed E-state index contributed by atoms with van der Waals surface area (Å²) in [6.45, 7) is 0.820. The molecule has 2 N–H and O–H groups in total. The first-order valence-corrected chi connectivity index (χ1v) is 8.80. The van der Waals surface area contributed by atoms with Crippen LogP contribution in [0.3, 0.4) is 0 Å². The van der Waals surface area contributed by atoms with Crippen molar-refractivity contribution in [3.8, 4) is 0 Å². The van der Waals surface area contributed by atoms with Gasteiger partial charge in [-0.3, -0.25) is 4.79 Å². The van der Waals surface area contributed by atoms with Gasteiger partial charge in [0.1, 0.15) is 0 Å². The maximum atomic E-state index is 12.2. The Morgan fingerprint density at radius 2 is 1.68 bits per heavy atom. The van der Waals surface area contributed by atoms with Crippen LogP contribution >= 0.6 is 0 Å². The number of rotatable bonds is 5. The molecule has 0 unspecified atom stereocenters.